The molecule has 1 fully saturated rings. The van der Waals surface area contributed by atoms with E-state index < -0.39 is 0 Å². The number of hydrogen-bond acceptors (Lipinski definition) is 2. The summed E-state index contributed by atoms with van der Waals surface area (Å²) in [6.45, 7) is 9.53. The van der Waals surface area contributed by atoms with E-state index in [1.165, 1.54) is 22.6 Å². The van der Waals surface area contributed by atoms with Crippen molar-refractivity contribution in [2.24, 2.45) is 10.8 Å². The maximum absolute atomic E-state index is 3.92. The highest BCUT2D eigenvalue weighted by Crippen LogP contribution is 2.63. The van der Waals surface area contributed by atoms with E-state index in [1.807, 2.05) is 11.8 Å². The molecule has 1 aromatic carbocycles. The Hall–Kier alpha value is -0.470. The van der Waals surface area contributed by atoms with Crippen LogP contribution in [0.15, 0.2) is 29.2 Å². The Bertz CT molecular complexity index is 450. The largest absolute Gasteiger partial charge is 0.306 e. The zero-order valence-corrected chi connectivity index (χ0v) is 12.6. The predicted molar refractivity (Wildman–Crippen MR) is 79.0 cm³/mol. The van der Waals surface area contributed by atoms with Crippen molar-refractivity contribution in [2.45, 2.75) is 51.1 Å². The zero-order valence-electron chi connectivity index (χ0n) is 11.8. The van der Waals surface area contributed by atoms with Crippen LogP contribution in [0.3, 0.4) is 0 Å². The van der Waals surface area contributed by atoms with Crippen molar-refractivity contribution in [3.8, 4) is 0 Å². The number of thioether (sulfide) groups is 1. The van der Waals surface area contributed by atoms with Gasteiger partial charge in [-0.15, -0.1) is 11.8 Å². The molecule has 0 radical (unpaired) electrons. The summed E-state index contributed by atoms with van der Waals surface area (Å²) < 4.78 is 0. The molecule has 2 heteroatoms. The Kier molecular flexibility index (Phi) is 2.80. The molecule has 98 valence electrons. The van der Waals surface area contributed by atoms with Gasteiger partial charge in [0.25, 0.3) is 0 Å². The molecule has 0 bridgehead atoms. The van der Waals surface area contributed by atoms with Crippen LogP contribution in [0.4, 0.5) is 0 Å². The van der Waals surface area contributed by atoms with Crippen molar-refractivity contribution in [3.63, 3.8) is 0 Å². The summed E-state index contributed by atoms with van der Waals surface area (Å²) in [6.07, 6.45) is 1.25. The summed E-state index contributed by atoms with van der Waals surface area (Å²) in [5.41, 5.74) is 2.35. The quantitative estimate of drug-likeness (QED) is 0.854. The summed E-state index contributed by atoms with van der Waals surface area (Å²) in [7, 11) is 0. The molecule has 1 nitrogen and oxygen atoms in total. The van der Waals surface area contributed by atoms with E-state index in [1.54, 1.807) is 0 Å². The normalized spacial score (nSPS) is 28.8. The van der Waals surface area contributed by atoms with Crippen molar-refractivity contribution < 1.29 is 0 Å². The molecule has 18 heavy (non-hydrogen) atoms. The first-order valence-corrected chi connectivity index (χ1v) is 7.91. The second kappa shape index (κ2) is 4.01. The van der Waals surface area contributed by atoms with Crippen molar-refractivity contribution in [3.05, 3.63) is 29.8 Å². The third-order valence-corrected chi connectivity index (χ3v) is 6.47. The molecule has 1 aromatic rings. The fourth-order valence-corrected chi connectivity index (χ4v) is 4.45. The van der Waals surface area contributed by atoms with Crippen LogP contribution in [0.2, 0.25) is 0 Å². The number of nitrogens with one attached hydrogen (secondary N) is 1. The second-order valence-electron chi connectivity index (χ2n) is 6.77. The van der Waals surface area contributed by atoms with Gasteiger partial charge < -0.3 is 5.32 Å². The average molecular weight is 261 g/mol. The van der Waals surface area contributed by atoms with Gasteiger partial charge in [-0.2, -0.15) is 0 Å². The molecule has 1 heterocycles. The van der Waals surface area contributed by atoms with Gasteiger partial charge in [0.2, 0.25) is 0 Å². The SMILES string of the molecule is CC1(C)C(NC2CCSc3ccccc32)C1(C)C. The Morgan fingerprint density at radius 1 is 1.11 bits per heavy atom. The Morgan fingerprint density at radius 2 is 1.78 bits per heavy atom. The minimum atomic E-state index is 0.423. The highest BCUT2D eigenvalue weighted by atomic mass is 32.2. The lowest BCUT2D eigenvalue weighted by Crippen LogP contribution is -2.30. The minimum absolute atomic E-state index is 0.423. The van der Waals surface area contributed by atoms with E-state index in [-0.39, 0.29) is 0 Å². The molecule has 1 atom stereocenters. The second-order valence-corrected chi connectivity index (χ2v) is 7.91. The monoisotopic (exact) mass is 261 g/mol. The minimum Gasteiger partial charge on any atom is -0.306 e. The van der Waals surface area contributed by atoms with E-state index in [0.717, 1.165) is 0 Å². The molecule has 1 saturated carbocycles. The average Bonchev–Trinajstić information content (AvgIpc) is 2.72. The molecule has 1 unspecified atom stereocenters. The molecule has 1 aliphatic heterocycles. The molecular formula is C16H23NS. The van der Waals surface area contributed by atoms with Crippen molar-refractivity contribution in [1.82, 2.24) is 5.32 Å². The van der Waals surface area contributed by atoms with Gasteiger partial charge in [0.15, 0.2) is 0 Å². The van der Waals surface area contributed by atoms with E-state index >= 15 is 0 Å². The lowest BCUT2D eigenvalue weighted by Gasteiger charge is -2.27. The molecule has 0 amide bonds. The van der Waals surface area contributed by atoms with Gasteiger partial charge in [-0.1, -0.05) is 45.9 Å². The van der Waals surface area contributed by atoms with Gasteiger partial charge in [0.1, 0.15) is 0 Å². The topological polar surface area (TPSA) is 12.0 Å². The van der Waals surface area contributed by atoms with Crippen molar-refractivity contribution in [2.75, 3.05) is 5.75 Å². The summed E-state index contributed by atoms with van der Waals surface area (Å²) in [4.78, 5) is 1.47. The molecule has 1 aliphatic carbocycles. The number of hydrogen-bond donors (Lipinski definition) is 1. The summed E-state index contributed by atoms with van der Waals surface area (Å²) in [6, 6.07) is 10.1. The van der Waals surface area contributed by atoms with Crippen LogP contribution in [0.25, 0.3) is 0 Å². The highest BCUT2D eigenvalue weighted by molar-refractivity contribution is 7.99. The molecular weight excluding hydrogens is 238 g/mol. The van der Waals surface area contributed by atoms with Gasteiger partial charge in [0, 0.05) is 17.0 Å². The fraction of sp³-hybridized carbons (Fsp3) is 0.625. The van der Waals surface area contributed by atoms with E-state index in [0.29, 0.717) is 22.9 Å². The third-order valence-electron chi connectivity index (χ3n) is 5.35. The fourth-order valence-electron chi connectivity index (χ4n) is 3.33. The maximum atomic E-state index is 3.92. The molecule has 0 spiro atoms. The van der Waals surface area contributed by atoms with Gasteiger partial charge in [0.05, 0.1) is 0 Å². The zero-order chi connectivity index (χ0) is 13.0. The third kappa shape index (κ3) is 1.73. The molecule has 0 saturated heterocycles. The van der Waals surface area contributed by atoms with Crippen LogP contribution in [0, 0.1) is 10.8 Å². The van der Waals surface area contributed by atoms with Gasteiger partial charge in [-0.25, -0.2) is 0 Å². The summed E-state index contributed by atoms with van der Waals surface area (Å²) >= 11 is 2.00. The van der Waals surface area contributed by atoms with Crippen LogP contribution < -0.4 is 5.32 Å². The smallest absolute Gasteiger partial charge is 0.0342 e. The van der Waals surface area contributed by atoms with Gasteiger partial charge in [-0.3, -0.25) is 0 Å². The first-order chi connectivity index (χ1) is 8.44. The van der Waals surface area contributed by atoms with E-state index in [2.05, 4.69) is 57.3 Å². The molecule has 2 aliphatic rings. The van der Waals surface area contributed by atoms with Crippen LogP contribution in [-0.4, -0.2) is 11.8 Å². The first kappa shape index (κ1) is 12.6. The van der Waals surface area contributed by atoms with Gasteiger partial charge in [-0.05, 0) is 34.6 Å². The first-order valence-electron chi connectivity index (χ1n) is 6.92. The van der Waals surface area contributed by atoms with Crippen molar-refractivity contribution in [1.29, 1.82) is 0 Å². The molecule has 3 rings (SSSR count). The van der Waals surface area contributed by atoms with E-state index in [9.17, 15) is 0 Å². The Balaban J connectivity index is 1.80. The Morgan fingerprint density at radius 3 is 2.44 bits per heavy atom. The van der Waals surface area contributed by atoms with Crippen molar-refractivity contribution >= 4 is 11.8 Å². The number of benzene rings is 1. The Labute approximate surface area is 115 Å². The predicted octanol–water partition coefficient (Wildman–Crippen LogP) is 4.25. The number of fused-ring (bicyclic) bond motifs is 1. The van der Waals surface area contributed by atoms with Crippen LogP contribution in [0.1, 0.15) is 45.7 Å². The molecule has 0 aromatic heterocycles. The summed E-state index contributed by atoms with van der Waals surface area (Å²) in [5.74, 6) is 1.24. The lowest BCUT2D eigenvalue weighted by molar-refractivity contribution is 0.456. The van der Waals surface area contributed by atoms with Crippen LogP contribution in [-0.2, 0) is 0 Å². The maximum Gasteiger partial charge on any atom is 0.0342 e. The number of rotatable bonds is 2. The van der Waals surface area contributed by atoms with Gasteiger partial charge >= 0.3 is 0 Å². The highest BCUT2D eigenvalue weighted by Gasteiger charge is 2.65. The molecule has 1 N–H and O–H groups in total. The standard InChI is InChI=1S/C16H23NS/c1-15(2)14(16(15,3)4)17-12-9-10-18-13-8-6-5-7-11(12)13/h5-8,12,14,17H,9-10H2,1-4H3. The van der Waals surface area contributed by atoms with Crippen LogP contribution >= 0.6 is 11.8 Å². The lowest BCUT2D eigenvalue weighted by atomic mass is 10.0. The van der Waals surface area contributed by atoms with Crippen LogP contribution in [0.5, 0.6) is 0 Å². The summed E-state index contributed by atoms with van der Waals surface area (Å²) in [5, 5.41) is 3.92. The van der Waals surface area contributed by atoms with E-state index in [4.69, 9.17) is 0 Å².